The molecule has 0 atom stereocenters. The molecule has 0 heterocycles. The summed E-state index contributed by atoms with van der Waals surface area (Å²) >= 11 is 0. The van der Waals surface area contributed by atoms with Gasteiger partial charge in [0.15, 0.2) is 0 Å². The SMILES string of the molecule is CCCCCCCCCCCC[NH+](C)C.[F-]. The summed E-state index contributed by atoms with van der Waals surface area (Å²) < 4.78 is 0. The van der Waals surface area contributed by atoms with E-state index in [0.29, 0.717) is 0 Å². The van der Waals surface area contributed by atoms with Crippen LogP contribution in [0.5, 0.6) is 0 Å². The normalized spacial score (nSPS) is 10.5. The van der Waals surface area contributed by atoms with Crippen LogP contribution >= 0.6 is 0 Å². The maximum absolute atomic E-state index is 2.28. The van der Waals surface area contributed by atoms with Crippen LogP contribution in [-0.4, -0.2) is 20.6 Å². The molecule has 1 nitrogen and oxygen atoms in total. The van der Waals surface area contributed by atoms with E-state index < -0.39 is 0 Å². The highest BCUT2D eigenvalue weighted by Gasteiger charge is 1.94. The summed E-state index contributed by atoms with van der Waals surface area (Å²) in [5.41, 5.74) is 0. The van der Waals surface area contributed by atoms with Crippen molar-refractivity contribution in [2.75, 3.05) is 20.6 Å². The summed E-state index contributed by atoms with van der Waals surface area (Å²) in [6, 6.07) is 0. The second-order valence-corrected chi connectivity index (χ2v) is 5.14. The van der Waals surface area contributed by atoms with E-state index in [1.54, 1.807) is 4.90 Å². The van der Waals surface area contributed by atoms with Crippen LogP contribution in [0.4, 0.5) is 0 Å². The van der Waals surface area contributed by atoms with Crippen molar-refractivity contribution < 1.29 is 9.60 Å². The third-order valence-electron chi connectivity index (χ3n) is 3.03. The lowest BCUT2D eigenvalue weighted by Crippen LogP contribution is -3.05. The van der Waals surface area contributed by atoms with Crippen LogP contribution in [0.2, 0.25) is 0 Å². The van der Waals surface area contributed by atoms with E-state index >= 15 is 0 Å². The van der Waals surface area contributed by atoms with Crippen LogP contribution in [0.25, 0.3) is 0 Å². The number of unbranched alkanes of at least 4 members (excludes halogenated alkanes) is 9. The molecule has 0 radical (unpaired) electrons. The lowest BCUT2D eigenvalue weighted by atomic mass is 10.1. The molecule has 0 aromatic carbocycles. The molecule has 0 aromatic heterocycles. The van der Waals surface area contributed by atoms with Gasteiger partial charge >= 0.3 is 0 Å². The van der Waals surface area contributed by atoms with E-state index in [2.05, 4.69) is 21.0 Å². The van der Waals surface area contributed by atoms with E-state index in [4.69, 9.17) is 0 Å². The van der Waals surface area contributed by atoms with Crippen molar-refractivity contribution in [3.8, 4) is 0 Å². The summed E-state index contributed by atoms with van der Waals surface area (Å²) in [5, 5.41) is 0. The predicted octanol–water partition coefficient (Wildman–Crippen LogP) is 0.0558. The summed E-state index contributed by atoms with van der Waals surface area (Å²) in [6.45, 7) is 3.63. The minimum atomic E-state index is 0. The number of quaternary nitrogens is 1. The molecule has 0 amide bonds. The Morgan fingerprint density at radius 3 is 1.38 bits per heavy atom. The van der Waals surface area contributed by atoms with Gasteiger partial charge < -0.3 is 9.60 Å². The van der Waals surface area contributed by atoms with Gasteiger partial charge in [-0.15, -0.1) is 0 Å². The molecule has 100 valence electrons. The van der Waals surface area contributed by atoms with Crippen molar-refractivity contribution in [3.05, 3.63) is 0 Å². The average Bonchev–Trinajstić information content (AvgIpc) is 2.20. The Hall–Kier alpha value is -0.110. The zero-order valence-electron chi connectivity index (χ0n) is 11.7. The molecular weight excluding hydrogens is 201 g/mol. The molecule has 0 aliphatic rings. The van der Waals surface area contributed by atoms with Gasteiger partial charge in [0.1, 0.15) is 0 Å². The smallest absolute Gasteiger partial charge is 0.0766 e. The second kappa shape index (κ2) is 14.9. The van der Waals surface area contributed by atoms with Crippen molar-refractivity contribution >= 4 is 0 Å². The molecule has 0 unspecified atom stereocenters. The fourth-order valence-electron chi connectivity index (χ4n) is 1.97. The van der Waals surface area contributed by atoms with Crippen LogP contribution < -0.4 is 9.60 Å². The zero-order valence-corrected chi connectivity index (χ0v) is 11.7. The molecule has 2 heteroatoms. The molecule has 0 aliphatic heterocycles. The Balaban J connectivity index is 0. The van der Waals surface area contributed by atoms with Gasteiger partial charge in [0.25, 0.3) is 0 Å². The number of hydrogen-bond acceptors (Lipinski definition) is 0. The van der Waals surface area contributed by atoms with E-state index in [1.165, 1.54) is 70.8 Å². The predicted molar refractivity (Wildman–Crippen MR) is 69.5 cm³/mol. The third kappa shape index (κ3) is 16.3. The number of hydrogen-bond donors (Lipinski definition) is 1. The van der Waals surface area contributed by atoms with Gasteiger partial charge in [0.05, 0.1) is 20.6 Å². The van der Waals surface area contributed by atoms with Crippen LogP contribution in [0.15, 0.2) is 0 Å². The maximum atomic E-state index is 2.28. The molecular formula is C14H32FN. The quantitative estimate of drug-likeness (QED) is 0.481. The van der Waals surface area contributed by atoms with E-state index in [-0.39, 0.29) is 4.70 Å². The molecule has 0 fully saturated rings. The summed E-state index contributed by atoms with van der Waals surface area (Å²) in [5.74, 6) is 0. The monoisotopic (exact) mass is 233 g/mol. The summed E-state index contributed by atoms with van der Waals surface area (Å²) in [7, 11) is 4.49. The lowest BCUT2D eigenvalue weighted by Gasteiger charge is -2.06. The Labute approximate surface area is 102 Å². The molecule has 0 saturated carbocycles. The number of halogens is 1. The third-order valence-corrected chi connectivity index (χ3v) is 3.03. The van der Waals surface area contributed by atoms with Crippen molar-refractivity contribution in [3.63, 3.8) is 0 Å². The lowest BCUT2D eigenvalue weighted by molar-refractivity contribution is -0.858. The van der Waals surface area contributed by atoms with Gasteiger partial charge in [-0.3, -0.25) is 0 Å². The van der Waals surface area contributed by atoms with Crippen molar-refractivity contribution in [1.82, 2.24) is 0 Å². The Morgan fingerprint density at radius 2 is 1.00 bits per heavy atom. The first-order valence-electron chi connectivity index (χ1n) is 7.06. The van der Waals surface area contributed by atoms with Gasteiger partial charge in [-0.05, 0) is 12.8 Å². The average molecular weight is 233 g/mol. The highest BCUT2D eigenvalue weighted by molar-refractivity contribution is 4.46. The van der Waals surface area contributed by atoms with Crippen molar-refractivity contribution in [1.29, 1.82) is 0 Å². The van der Waals surface area contributed by atoms with Crippen LogP contribution in [0, 0.1) is 0 Å². The fourth-order valence-corrected chi connectivity index (χ4v) is 1.97. The Bertz CT molecular complexity index is 115. The molecule has 0 rings (SSSR count). The van der Waals surface area contributed by atoms with Crippen LogP contribution in [-0.2, 0) is 0 Å². The summed E-state index contributed by atoms with van der Waals surface area (Å²) in [6.07, 6.45) is 14.5. The first-order chi connectivity index (χ1) is 7.27. The van der Waals surface area contributed by atoms with E-state index in [0.717, 1.165) is 0 Å². The van der Waals surface area contributed by atoms with Gasteiger partial charge in [-0.1, -0.05) is 58.3 Å². The first kappa shape index (κ1) is 18.3. The highest BCUT2D eigenvalue weighted by Crippen LogP contribution is 2.09. The second-order valence-electron chi connectivity index (χ2n) is 5.14. The molecule has 16 heavy (non-hydrogen) atoms. The largest absolute Gasteiger partial charge is 1.00 e. The Morgan fingerprint density at radius 1 is 0.625 bits per heavy atom. The fraction of sp³-hybridized carbons (Fsp3) is 1.00. The minimum Gasteiger partial charge on any atom is -1.00 e. The summed E-state index contributed by atoms with van der Waals surface area (Å²) in [4.78, 5) is 1.59. The minimum absolute atomic E-state index is 0. The van der Waals surface area contributed by atoms with Crippen molar-refractivity contribution in [2.45, 2.75) is 71.1 Å². The van der Waals surface area contributed by atoms with Gasteiger partial charge in [-0.2, -0.15) is 0 Å². The van der Waals surface area contributed by atoms with Gasteiger partial charge in [-0.25, -0.2) is 0 Å². The Kier molecular flexibility index (Phi) is 17.0. The van der Waals surface area contributed by atoms with E-state index in [1.807, 2.05) is 0 Å². The number of nitrogens with one attached hydrogen (secondary N) is 1. The number of rotatable bonds is 11. The zero-order chi connectivity index (χ0) is 11.4. The highest BCUT2D eigenvalue weighted by atomic mass is 19.0. The van der Waals surface area contributed by atoms with Crippen LogP contribution in [0.3, 0.4) is 0 Å². The molecule has 0 spiro atoms. The van der Waals surface area contributed by atoms with Crippen LogP contribution in [0.1, 0.15) is 71.1 Å². The van der Waals surface area contributed by atoms with E-state index in [9.17, 15) is 0 Å². The molecule has 1 N–H and O–H groups in total. The van der Waals surface area contributed by atoms with Gasteiger partial charge in [0, 0.05) is 0 Å². The maximum Gasteiger partial charge on any atom is 0.0766 e. The standard InChI is InChI=1S/C14H31N.FH/c1-4-5-6-7-8-9-10-11-12-13-14-15(2)3;/h4-14H2,1-3H3;1H. The van der Waals surface area contributed by atoms with Gasteiger partial charge in [0.2, 0.25) is 0 Å². The molecule has 0 bridgehead atoms. The van der Waals surface area contributed by atoms with Crippen molar-refractivity contribution in [2.24, 2.45) is 0 Å². The molecule has 0 aliphatic carbocycles. The molecule has 0 aromatic rings. The molecule has 0 saturated heterocycles. The first-order valence-corrected chi connectivity index (χ1v) is 7.06. The topological polar surface area (TPSA) is 4.44 Å².